The van der Waals surface area contributed by atoms with Crippen LogP contribution in [0.25, 0.3) is 0 Å². The van der Waals surface area contributed by atoms with Crippen LogP contribution in [0, 0.1) is 5.92 Å². The average molecular weight is 403 g/mol. The first-order chi connectivity index (χ1) is 5.54. The number of alkyl halides is 3. The van der Waals surface area contributed by atoms with Crippen LogP contribution in [0.3, 0.4) is 0 Å². The van der Waals surface area contributed by atoms with Crippen LogP contribution in [0.4, 0.5) is 0 Å². The van der Waals surface area contributed by atoms with Crippen molar-refractivity contribution in [2.45, 2.75) is 22.1 Å². The van der Waals surface area contributed by atoms with Gasteiger partial charge in [0.15, 0.2) is 2.14 Å². The van der Waals surface area contributed by atoms with E-state index in [1.165, 1.54) is 0 Å². The van der Waals surface area contributed by atoms with Gasteiger partial charge in [-0.25, -0.2) is 0 Å². The summed E-state index contributed by atoms with van der Waals surface area (Å²) in [4.78, 5) is 0. The fraction of sp³-hybridized carbons (Fsp3) is 1.00. The lowest BCUT2D eigenvalue weighted by Gasteiger charge is -2.27. The molecule has 0 aliphatic heterocycles. The lowest BCUT2D eigenvalue weighted by molar-refractivity contribution is 0.174. The molecular formula is C6H11Br3O3S. The van der Waals surface area contributed by atoms with Gasteiger partial charge in [0.25, 0.3) is 10.1 Å². The summed E-state index contributed by atoms with van der Waals surface area (Å²) in [7, 11) is -3.44. The van der Waals surface area contributed by atoms with Crippen molar-refractivity contribution in [1.82, 2.24) is 0 Å². The molecule has 1 atom stereocenters. The van der Waals surface area contributed by atoms with E-state index in [0.29, 0.717) is 0 Å². The van der Waals surface area contributed by atoms with Crippen molar-refractivity contribution >= 4 is 57.9 Å². The summed E-state index contributed by atoms with van der Waals surface area (Å²) in [6.07, 6.45) is 0.517. The van der Waals surface area contributed by atoms with Crippen LogP contribution in [0.15, 0.2) is 0 Å². The minimum Gasteiger partial charge on any atom is -0.263 e. The fourth-order valence-electron chi connectivity index (χ4n) is 0.732. The van der Waals surface area contributed by atoms with Gasteiger partial charge in [0.1, 0.15) is 6.10 Å². The molecule has 0 spiro atoms. The molecule has 0 bridgehead atoms. The van der Waals surface area contributed by atoms with Crippen LogP contribution in [-0.2, 0) is 14.3 Å². The third-order valence-corrected chi connectivity index (χ3v) is 3.12. The lowest BCUT2D eigenvalue weighted by Crippen LogP contribution is -2.34. The largest absolute Gasteiger partial charge is 0.264 e. The summed E-state index contributed by atoms with van der Waals surface area (Å²) in [5, 5.41) is 0. The molecule has 0 amide bonds. The zero-order valence-corrected chi connectivity index (χ0v) is 13.0. The van der Waals surface area contributed by atoms with Gasteiger partial charge in [-0.3, -0.25) is 4.18 Å². The van der Waals surface area contributed by atoms with Crippen LogP contribution < -0.4 is 0 Å². The monoisotopic (exact) mass is 400 g/mol. The van der Waals surface area contributed by atoms with E-state index < -0.39 is 18.4 Å². The van der Waals surface area contributed by atoms with Gasteiger partial charge in [0, 0.05) is 0 Å². The van der Waals surface area contributed by atoms with Gasteiger partial charge in [-0.15, -0.1) is 0 Å². The van der Waals surface area contributed by atoms with E-state index in [0.717, 1.165) is 6.26 Å². The minimum absolute atomic E-state index is 0.0489. The Morgan fingerprint density at radius 2 is 1.62 bits per heavy atom. The molecule has 0 rings (SSSR count). The fourth-order valence-corrected chi connectivity index (χ4v) is 3.71. The van der Waals surface area contributed by atoms with Gasteiger partial charge in [-0.05, 0) is 5.92 Å². The third kappa shape index (κ3) is 6.43. The molecule has 0 aromatic carbocycles. The van der Waals surface area contributed by atoms with Crippen molar-refractivity contribution in [2.24, 2.45) is 5.92 Å². The SMILES string of the molecule is CC(C)C(OS(C)(=O)=O)C(Br)(Br)Br. The Bertz CT molecular complexity index is 255. The molecule has 0 aromatic heterocycles. The molecule has 0 saturated carbocycles. The predicted molar refractivity (Wildman–Crippen MR) is 64.1 cm³/mol. The Balaban J connectivity index is 4.66. The number of halogens is 3. The molecular weight excluding hydrogens is 392 g/mol. The highest BCUT2D eigenvalue weighted by molar-refractivity contribution is 9.39. The highest BCUT2D eigenvalue weighted by Gasteiger charge is 2.36. The van der Waals surface area contributed by atoms with Gasteiger partial charge in [-0.2, -0.15) is 8.42 Å². The van der Waals surface area contributed by atoms with E-state index in [4.69, 9.17) is 4.18 Å². The van der Waals surface area contributed by atoms with Crippen LogP contribution in [0.1, 0.15) is 13.8 Å². The molecule has 0 saturated heterocycles. The topological polar surface area (TPSA) is 43.4 Å². The first-order valence-electron chi connectivity index (χ1n) is 3.49. The molecule has 80 valence electrons. The molecule has 3 nitrogen and oxygen atoms in total. The Hall–Kier alpha value is 1.35. The summed E-state index contributed by atoms with van der Waals surface area (Å²) in [6.45, 7) is 3.74. The number of hydrogen-bond donors (Lipinski definition) is 0. The van der Waals surface area contributed by atoms with Crippen molar-refractivity contribution in [3.63, 3.8) is 0 Å². The van der Waals surface area contributed by atoms with Crippen LogP contribution in [0.5, 0.6) is 0 Å². The Labute approximate surface area is 104 Å². The van der Waals surface area contributed by atoms with Crippen molar-refractivity contribution in [1.29, 1.82) is 0 Å². The normalized spacial score (nSPS) is 16.2. The Kier molecular flexibility index (Phi) is 5.43. The van der Waals surface area contributed by atoms with Crippen LogP contribution in [0.2, 0.25) is 0 Å². The molecule has 0 aliphatic rings. The van der Waals surface area contributed by atoms with Gasteiger partial charge >= 0.3 is 0 Å². The molecule has 0 aromatic rings. The van der Waals surface area contributed by atoms with E-state index >= 15 is 0 Å². The zero-order chi connectivity index (χ0) is 10.9. The highest BCUT2D eigenvalue weighted by Crippen LogP contribution is 2.42. The average Bonchev–Trinajstić information content (AvgIpc) is 1.77. The van der Waals surface area contributed by atoms with Gasteiger partial charge in [0.2, 0.25) is 0 Å². The maximum Gasteiger partial charge on any atom is 0.264 e. The first kappa shape index (κ1) is 14.3. The molecule has 0 radical (unpaired) electrons. The summed E-state index contributed by atoms with van der Waals surface area (Å²) >= 11 is 9.73. The number of hydrogen-bond acceptors (Lipinski definition) is 3. The van der Waals surface area contributed by atoms with Crippen molar-refractivity contribution in [3.05, 3.63) is 0 Å². The van der Waals surface area contributed by atoms with E-state index in [1.54, 1.807) is 0 Å². The van der Waals surface area contributed by atoms with Crippen LogP contribution >= 0.6 is 47.8 Å². The molecule has 0 heterocycles. The van der Waals surface area contributed by atoms with Crippen molar-refractivity contribution in [3.8, 4) is 0 Å². The molecule has 13 heavy (non-hydrogen) atoms. The zero-order valence-electron chi connectivity index (χ0n) is 7.42. The first-order valence-corrected chi connectivity index (χ1v) is 7.68. The van der Waals surface area contributed by atoms with E-state index in [9.17, 15) is 8.42 Å². The summed E-state index contributed by atoms with van der Waals surface area (Å²) in [5.74, 6) is 0.0489. The molecule has 0 aliphatic carbocycles. The van der Waals surface area contributed by atoms with Crippen molar-refractivity contribution in [2.75, 3.05) is 6.26 Å². The van der Waals surface area contributed by atoms with E-state index in [1.807, 2.05) is 13.8 Å². The van der Waals surface area contributed by atoms with Crippen molar-refractivity contribution < 1.29 is 12.6 Å². The highest BCUT2D eigenvalue weighted by atomic mass is 80.0. The Morgan fingerprint density at radius 3 is 1.69 bits per heavy atom. The summed E-state index contributed by atoms with van der Waals surface area (Å²) < 4.78 is 26.0. The molecule has 0 fully saturated rings. The summed E-state index contributed by atoms with van der Waals surface area (Å²) in [5.41, 5.74) is 0. The smallest absolute Gasteiger partial charge is 0.263 e. The Morgan fingerprint density at radius 1 is 1.23 bits per heavy atom. The molecule has 0 N–H and O–H groups in total. The second-order valence-corrected chi connectivity index (χ2v) is 11.6. The maximum atomic E-state index is 10.9. The second-order valence-electron chi connectivity index (χ2n) is 3.01. The van der Waals surface area contributed by atoms with E-state index in [-0.39, 0.29) is 5.92 Å². The quantitative estimate of drug-likeness (QED) is 0.538. The lowest BCUT2D eigenvalue weighted by atomic mass is 10.1. The maximum absolute atomic E-state index is 10.9. The van der Waals surface area contributed by atoms with Gasteiger partial charge < -0.3 is 0 Å². The standard InChI is InChI=1S/C6H11Br3O3S/c1-4(2)5(6(7,8)9)12-13(3,10)11/h4-5H,1-3H3. The molecule has 1 unspecified atom stereocenters. The minimum atomic E-state index is -3.44. The van der Waals surface area contributed by atoms with Gasteiger partial charge in [-0.1, -0.05) is 61.6 Å². The molecule has 7 heteroatoms. The van der Waals surface area contributed by atoms with E-state index in [2.05, 4.69) is 47.8 Å². The van der Waals surface area contributed by atoms with Gasteiger partial charge in [0.05, 0.1) is 6.26 Å². The number of rotatable bonds is 3. The summed E-state index contributed by atoms with van der Waals surface area (Å²) in [6, 6.07) is 0. The predicted octanol–water partition coefficient (Wildman–Crippen LogP) is 2.83. The van der Waals surface area contributed by atoms with Crippen LogP contribution in [-0.4, -0.2) is 22.9 Å². The third-order valence-electron chi connectivity index (χ3n) is 1.21. The second kappa shape index (κ2) is 4.92.